The Hall–Kier alpha value is -2.81. The van der Waals surface area contributed by atoms with Gasteiger partial charge in [0.15, 0.2) is 0 Å². The minimum absolute atomic E-state index is 0.0545. The van der Waals surface area contributed by atoms with Crippen LogP contribution in [0.15, 0.2) is 60.7 Å². The Labute approximate surface area is 136 Å². The molecule has 3 heteroatoms. The van der Waals surface area contributed by atoms with Gasteiger partial charge in [-0.25, -0.2) is 0 Å². The van der Waals surface area contributed by atoms with E-state index in [-0.39, 0.29) is 12.5 Å². The summed E-state index contributed by atoms with van der Waals surface area (Å²) in [6.45, 7) is 4.32. The number of carbonyl (C=O) groups is 1. The van der Waals surface area contributed by atoms with Gasteiger partial charge in [0.25, 0.3) is 0 Å². The predicted molar refractivity (Wildman–Crippen MR) is 97.0 cm³/mol. The van der Waals surface area contributed by atoms with Gasteiger partial charge in [0.1, 0.15) is 0 Å². The topological polar surface area (TPSA) is 41.1 Å². The Morgan fingerprint density at radius 2 is 1.70 bits per heavy atom. The van der Waals surface area contributed by atoms with Crippen molar-refractivity contribution in [2.75, 3.05) is 17.2 Å². The molecule has 3 nitrogen and oxygen atoms in total. The van der Waals surface area contributed by atoms with Crippen LogP contribution >= 0.6 is 0 Å². The molecular formula is C20H20N2O. The van der Waals surface area contributed by atoms with E-state index in [1.165, 1.54) is 10.9 Å². The minimum atomic E-state index is -0.0545. The number of hydrogen-bond donors (Lipinski definition) is 2. The molecular weight excluding hydrogens is 284 g/mol. The van der Waals surface area contributed by atoms with Crippen LogP contribution in [0, 0.1) is 13.8 Å². The number of carbonyl (C=O) groups excluding carboxylic acids is 1. The summed E-state index contributed by atoms with van der Waals surface area (Å²) in [5.74, 6) is -0.0545. The van der Waals surface area contributed by atoms with Crippen molar-refractivity contribution < 1.29 is 4.79 Å². The molecule has 1 amide bonds. The molecule has 0 saturated heterocycles. The number of nitrogens with one attached hydrogen (secondary N) is 2. The molecule has 0 aliphatic rings. The fourth-order valence-corrected chi connectivity index (χ4v) is 2.57. The lowest BCUT2D eigenvalue weighted by Crippen LogP contribution is -2.22. The molecule has 0 aliphatic heterocycles. The third-order valence-electron chi connectivity index (χ3n) is 3.87. The van der Waals surface area contributed by atoms with Gasteiger partial charge in [0, 0.05) is 11.4 Å². The van der Waals surface area contributed by atoms with Crippen molar-refractivity contribution in [1.82, 2.24) is 0 Å². The van der Waals surface area contributed by atoms with Gasteiger partial charge in [-0.3, -0.25) is 4.79 Å². The Morgan fingerprint density at radius 1 is 0.913 bits per heavy atom. The van der Waals surface area contributed by atoms with Crippen LogP contribution in [-0.2, 0) is 4.79 Å². The molecule has 0 radical (unpaired) electrons. The van der Waals surface area contributed by atoms with E-state index in [1.807, 2.05) is 50.2 Å². The zero-order chi connectivity index (χ0) is 16.2. The summed E-state index contributed by atoms with van der Waals surface area (Å²) in [5.41, 5.74) is 4.12. The molecule has 0 unspecified atom stereocenters. The van der Waals surface area contributed by atoms with E-state index >= 15 is 0 Å². The largest absolute Gasteiger partial charge is 0.376 e. The van der Waals surface area contributed by atoms with Gasteiger partial charge in [-0.1, -0.05) is 42.5 Å². The van der Waals surface area contributed by atoms with Crippen LogP contribution in [0.25, 0.3) is 10.8 Å². The van der Waals surface area contributed by atoms with E-state index in [0.29, 0.717) is 0 Å². The van der Waals surface area contributed by atoms with Crippen molar-refractivity contribution in [2.24, 2.45) is 0 Å². The van der Waals surface area contributed by atoms with Crippen molar-refractivity contribution in [3.63, 3.8) is 0 Å². The summed E-state index contributed by atoms with van der Waals surface area (Å²) in [5, 5.41) is 8.42. The minimum Gasteiger partial charge on any atom is -0.376 e. The second-order valence-electron chi connectivity index (χ2n) is 5.78. The third-order valence-corrected chi connectivity index (χ3v) is 3.87. The smallest absolute Gasteiger partial charge is 0.243 e. The number of rotatable bonds is 4. The average Bonchev–Trinajstić information content (AvgIpc) is 2.55. The van der Waals surface area contributed by atoms with Crippen LogP contribution in [0.3, 0.4) is 0 Å². The molecule has 2 N–H and O–H groups in total. The molecule has 3 rings (SSSR count). The van der Waals surface area contributed by atoms with Gasteiger partial charge in [-0.2, -0.15) is 0 Å². The molecule has 0 saturated carbocycles. The maximum Gasteiger partial charge on any atom is 0.243 e. The molecule has 0 bridgehead atoms. The molecule has 0 aliphatic carbocycles. The third kappa shape index (κ3) is 3.69. The molecule has 116 valence electrons. The molecule has 0 heterocycles. The highest BCUT2D eigenvalue weighted by Gasteiger charge is 2.05. The first-order valence-electron chi connectivity index (χ1n) is 7.71. The van der Waals surface area contributed by atoms with Crippen molar-refractivity contribution in [3.8, 4) is 0 Å². The number of hydrogen-bond acceptors (Lipinski definition) is 2. The Balaban J connectivity index is 1.65. The highest BCUT2D eigenvalue weighted by Crippen LogP contribution is 2.19. The molecule has 0 atom stereocenters. The van der Waals surface area contributed by atoms with Crippen LogP contribution in [-0.4, -0.2) is 12.5 Å². The Kier molecular flexibility index (Phi) is 4.29. The van der Waals surface area contributed by atoms with Crippen LogP contribution in [0.1, 0.15) is 11.1 Å². The van der Waals surface area contributed by atoms with Crippen LogP contribution in [0.4, 0.5) is 11.4 Å². The van der Waals surface area contributed by atoms with Gasteiger partial charge in [0.05, 0.1) is 6.54 Å². The van der Waals surface area contributed by atoms with Crippen molar-refractivity contribution in [1.29, 1.82) is 0 Å². The second kappa shape index (κ2) is 6.53. The first kappa shape index (κ1) is 15.1. The van der Waals surface area contributed by atoms with Gasteiger partial charge in [-0.05, 0) is 53.9 Å². The van der Waals surface area contributed by atoms with E-state index in [9.17, 15) is 4.79 Å². The number of amides is 1. The van der Waals surface area contributed by atoms with Gasteiger partial charge >= 0.3 is 0 Å². The quantitative estimate of drug-likeness (QED) is 0.744. The standard InChI is InChI=1S/C20H20N2O/c1-14-7-8-15(2)19(11-14)21-13-20(23)22-18-10-9-16-5-3-4-6-17(16)12-18/h3-12,21H,13H2,1-2H3,(H,22,23). The number of fused-ring (bicyclic) bond motifs is 1. The lowest BCUT2D eigenvalue weighted by atomic mass is 10.1. The summed E-state index contributed by atoms with van der Waals surface area (Å²) < 4.78 is 0. The van der Waals surface area contributed by atoms with E-state index in [2.05, 4.69) is 34.9 Å². The maximum absolute atomic E-state index is 12.1. The second-order valence-corrected chi connectivity index (χ2v) is 5.78. The number of benzene rings is 3. The van der Waals surface area contributed by atoms with Gasteiger partial charge < -0.3 is 10.6 Å². The fourth-order valence-electron chi connectivity index (χ4n) is 2.57. The van der Waals surface area contributed by atoms with Crippen molar-refractivity contribution in [3.05, 3.63) is 71.8 Å². The van der Waals surface area contributed by atoms with Crippen LogP contribution in [0.5, 0.6) is 0 Å². The van der Waals surface area contributed by atoms with Gasteiger partial charge in [-0.15, -0.1) is 0 Å². The lowest BCUT2D eigenvalue weighted by molar-refractivity contribution is -0.114. The van der Waals surface area contributed by atoms with E-state index < -0.39 is 0 Å². The fraction of sp³-hybridized carbons (Fsp3) is 0.150. The summed E-state index contributed by atoms with van der Waals surface area (Å²) in [6.07, 6.45) is 0. The molecule has 23 heavy (non-hydrogen) atoms. The zero-order valence-corrected chi connectivity index (χ0v) is 13.4. The number of aryl methyl sites for hydroxylation is 2. The van der Waals surface area contributed by atoms with Crippen LogP contribution in [0.2, 0.25) is 0 Å². The summed E-state index contributed by atoms with van der Waals surface area (Å²) >= 11 is 0. The SMILES string of the molecule is Cc1ccc(C)c(NCC(=O)Nc2ccc3ccccc3c2)c1. The molecule has 0 fully saturated rings. The highest BCUT2D eigenvalue weighted by atomic mass is 16.1. The predicted octanol–water partition coefficient (Wildman–Crippen LogP) is 4.51. The molecule has 3 aromatic carbocycles. The Morgan fingerprint density at radius 3 is 2.52 bits per heavy atom. The lowest BCUT2D eigenvalue weighted by Gasteiger charge is -2.11. The van der Waals surface area contributed by atoms with E-state index in [4.69, 9.17) is 0 Å². The molecule has 3 aromatic rings. The zero-order valence-electron chi connectivity index (χ0n) is 13.4. The summed E-state index contributed by atoms with van der Waals surface area (Å²) in [7, 11) is 0. The highest BCUT2D eigenvalue weighted by molar-refractivity contribution is 5.96. The van der Waals surface area contributed by atoms with E-state index in [0.717, 1.165) is 22.3 Å². The normalized spacial score (nSPS) is 10.5. The van der Waals surface area contributed by atoms with Gasteiger partial charge in [0.2, 0.25) is 5.91 Å². The van der Waals surface area contributed by atoms with E-state index in [1.54, 1.807) is 0 Å². The Bertz CT molecular complexity index is 855. The van der Waals surface area contributed by atoms with Crippen molar-refractivity contribution in [2.45, 2.75) is 13.8 Å². The monoisotopic (exact) mass is 304 g/mol. The first-order valence-corrected chi connectivity index (χ1v) is 7.71. The molecule has 0 spiro atoms. The first-order chi connectivity index (χ1) is 11.1. The molecule has 0 aromatic heterocycles. The summed E-state index contributed by atoms with van der Waals surface area (Å²) in [6, 6.07) is 20.2. The summed E-state index contributed by atoms with van der Waals surface area (Å²) in [4.78, 5) is 12.1. The van der Waals surface area contributed by atoms with Crippen LogP contribution < -0.4 is 10.6 Å². The maximum atomic E-state index is 12.1. The average molecular weight is 304 g/mol. The van der Waals surface area contributed by atoms with Crippen molar-refractivity contribution >= 4 is 28.1 Å². The number of anilines is 2.